The predicted molar refractivity (Wildman–Crippen MR) is 97.0 cm³/mol. The smallest absolute Gasteiger partial charge is 0.406 e. The average Bonchev–Trinajstić information content (AvgIpc) is 3.26. The van der Waals surface area contributed by atoms with Gasteiger partial charge in [0.1, 0.15) is 5.75 Å². The number of rotatable bonds is 6. The molecule has 3 N–H and O–H groups in total. The van der Waals surface area contributed by atoms with Crippen LogP contribution in [0, 0.1) is 12.8 Å². The number of hydrogen-bond acceptors (Lipinski definition) is 4. The summed E-state index contributed by atoms with van der Waals surface area (Å²) >= 11 is 0. The van der Waals surface area contributed by atoms with Crippen LogP contribution in [0.15, 0.2) is 30.5 Å². The average molecular weight is 397 g/mol. The predicted octanol–water partition coefficient (Wildman–Crippen LogP) is 2.94. The molecule has 0 bridgehead atoms. The Kier molecular flexibility index (Phi) is 5.96. The Labute approximate surface area is 160 Å². The highest BCUT2D eigenvalue weighted by Gasteiger charge is 2.31. The van der Waals surface area contributed by atoms with Gasteiger partial charge in [-0.25, -0.2) is 4.79 Å². The SMILES string of the molecule is Cc1[nH]ncc1CNC(=O)NCC1CCN(c2ccc(OC(F)(F)F)cc2)C1. The van der Waals surface area contributed by atoms with E-state index in [-0.39, 0.29) is 17.7 Å². The second-order valence-electron chi connectivity index (χ2n) is 6.73. The molecule has 7 nitrogen and oxygen atoms in total. The molecule has 2 amide bonds. The van der Waals surface area contributed by atoms with Gasteiger partial charge in [0.05, 0.1) is 6.20 Å². The van der Waals surface area contributed by atoms with Gasteiger partial charge in [0, 0.05) is 43.1 Å². The number of halogens is 3. The Morgan fingerprint density at radius 2 is 2.07 bits per heavy atom. The Balaban J connectivity index is 1.41. The summed E-state index contributed by atoms with van der Waals surface area (Å²) in [4.78, 5) is 14.0. The minimum absolute atomic E-state index is 0.238. The van der Waals surface area contributed by atoms with Gasteiger partial charge >= 0.3 is 12.4 Å². The summed E-state index contributed by atoms with van der Waals surface area (Å²) in [5, 5.41) is 12.4. The number of H-pyrrole nitrogens is 1. The third-order valence-corrected chi connectivity index (χ3v) is 4.65. The molecule has 0 spiro atoms. The van der Waals surface area contributed by atoms with Crippen molar-refractivity contribution in [3.8, 4) is 5.75 Å². The van der Waals surface area contributed by atoms with Crippen LogP contribution in [0.3, 0.4) is 0 Å². The molecule has 2 aromatic rings. The Hall–Kier alpha value is -2.91. The fourth-order valence-electron chi connectivity index (χ4n) is 3.12. The number of aromatic nitrogens is 2. The normalized spacial score (nSPS) is 16.9. The van der Waals surface area contributed by atoms with Crippen molar-refractivity contribution in [3.63, 3.8) is 0 Å². The lowest BCUT2D eigenvalue weighted by molar-refractivity contribution is -0.274. The molecule has 1 atom stereocenters. The first-order valence-electron chi connectivity index (χ1n) is 8.91. The van der Waals surface area contributed by atoms with E-state index in [9.17, 15) is 18.0 Å². The summed E-state index contributed by atoms with van der Waals surface area (Å²) < 4.78 is 40.5. The van der Waals surface area contributed by atoms with Crippen LogP contribution >= 0.6 is 0 Å². The maximum atomic E-state index is 12.2. The number of aromatic amines is 1. The molecule has 3 rings (SSSR count). The zero-order valence-corrected chi connectivity index (χ0v) is 15.3. The fraction of sp³-hybridized carbons (Fsp3) is 0.444. The number of nitrogens with zero attached hydrogens (tertiary/aromatic N) is 2. The van der Waals surface area contributed by atoms with Crippen LogP contribution in [-0.4, -0.2) is 42.2 Å². The zero-order chi connectivity index (χ0) is 20.1. The van der Waals surface area contributed by atoms with E-state index in [2.05, 4.69) is 30.5 Å². The maximum Gasteiger partial charge on any atom is 0.573 e. The van der Waals surface area contributed by atoms with E-state index in [1.165, 1.54) is 12.1 Å². The van der Waals surface area contributed by atoms with Crippen LogP contribution in [0.4, 0.5) is 23.7 Å². The van der Waals surface area contributed by atoms with E-state index in [0.29, 0.717) is 13.1 Å². The number of anilines is 1. The summed E-state index contributed by atoms with van der Waals surface area (Å²) in [6, 6.07) is 5.58. The summed E-state index contributed by atoms with van der Waals surface area (Å²) in [5.74, 6) is 0.0331. The molecule has 1 aromatic heterocycles. The van der Waals surface area contributed by atoms with Crippen LogP contribution in [0.5, 0.6) is 5.75 Å². The second kappa shape index (κ2) is 8.41. The summed E-state index contributed by atoms with van der Waals surface area (Å²) in [6.07, 6.45) is -2.12. The molecule has 152 valence electrons. The van der Waals surface area contributed by atoms with E-state index < -0.39 is 6.36 Å². The molecule has 1 aliphatic rings. The number of carbonyl (C=O) groups is 1. The molecule has 1 unspecified atom stereocenters. The number of hydrogen-bond donors (Lipinski definition) is 3. The number of aryl methyl sites for hydroxylation is 1. The molecule has 0 saturated carbocycles. The summed E-state index contributed by atoms with van der Waals surface area (Å²) in [7, 11) is 0. The first-order chi connectivity index (χ1) is 13.3. The van der Waals surface area contributed by atoms with Gasteiger partial charge in [0.15, 0.2) is 0 Å². The van der Waals surface area contributed by atoms with E-state index in [0.717, 1.165) is 36.5 Å². The molecular weight excluding hydrogens is 375 g/mol. The van der Waals surface area contributed by atoms with E-state index in [1.54, 1.807) is 18.3 Å². The molecule has 1 aromatic carbocycles. The third kappa shape index (κ3) is 5.54. The lowest BCUT2D eigenvalue weighted by Crippen LogP contribution is -2.38. The van der Waals surface area contributed by atoms with Crippen molar-refractivity contribution in [1.29, 1.82) is 0 Å². The van der Waals surface area contributed by atoms with Crippen LogP contribution in [0.25, 0.3) is 0 Å². The molecule has 1 aliphatic heterocycles. The van der Waals surface area contributed by atoms with Gasteiger partial charge in [-0.1, -0.05) is 0 Å². The van der Waals surface area contributed by atoms with Crippen LogP contribution < -0.4 is 20.3 Å². The molecule has 10 heteroatoms. The number of urea groups is 1. The van der Waals surface area contributed by atoms with Crippen molar-refractivity contribution >= 4 is 11.7 Å². The third-order valence-electron chi connectivity index (χ3n) is 4.65. The molecule has 1 saturated heterocycles. The van der Waals surface area contributed by atoms with Gasteiger partial charge in [0.2, 0.25) is 0 Å². The van der Waals surface area contributed by atoms with Gasteiger partial charge in [-0.05, 0) is 43.5 Å². The van der Waals surface area contributed by atoms with Crippen molar-refractivity contribution in [1.82, 2.24) is 20.8 Å². The molecule has 1 fully saturated rings. The van der Waals surface area contributed by atoms with Gasteiger partial charge in [-0.3, -0.25) is 5.10 Å². The highest BCUT2D eigenvalue weighted by molar-refractivity contribution is 5.73. The molecule has 0 radical (unpaired) electrons. The Morgan fingerprint density at radius 3 is 2.71 bits per heavy atom. The van der Waals surface area contributed by atoms with Crippen LogP contribution in [0.1, 0.15) is 17.7 Å². The molecular formula is C18H22F3N5O2. The number of nitrogens with one attached hydrogen (secondary N) is 3. The summed E-state index contributed by atoms with van der Waals surface area (Å²) in [5.41, 5.74) is 2.68. The van der Waals surface area contributed by atoms with Gasteiger partial charge in [0.25, 0.3) is 0 Å². The highest BCUT2D eigenvalue weighted by atomic mass is 19.4. The number of ether oxygens (including phenoxy) is 1. The lowest BCUT2D eigenvalue weighted by Gasteiger charge is -2.19. The van der Waals surface area contributed by atoms with Crippen molar-refractivity contribution in [2.24, 2.45) is 5.92 Å². The topological polar surface area (TPSA) is 82.3 Å². The first kappa shape index (κ1) is 19.8. The van der Waals surface area contributed by atoms with Crippen molar-refractivity contribution in [2.45, 2.75) is 26.3 Å². The number of alkyl halides is 3. The van der Waals surface area contributed by atoms with Crippen molar-refractivity contribution in [3.05, 3.63) is 41.7 Å². The van der Waals surface area contributed by atoms with Gasteiger partial charge in [-0.15, -0.1) is 13.2 Å². The van der Waals surface area contributed by atoms with E-state index in [1.807, 2.05) is 6.92 Å². The quantitative estimate of drug-likeness (QED) is 0.700. The highest BCUT2D eigenvalue weighted by Crippen LogP contribution is 2.28. The maximum absolute atomic E-state index is 12.2. The second-order valence-corrected chi connectivity index (χ2v) is 6.73. The molecule has 0 aliphatic carbocycles. The van der Waals surface area contributed by atoms with Crippen molar-refractivity contribution in [2.75, 3.05) is 24.5 Å². The first-order valence-corrected chi connectivity index (χ1v) is 8.91. The van der Waals surface area contributed by atoms with E-state index >= 15 is 0 Å². The Bertz CT molecular complexity index is 791. The Morgan fingerprint density at radius 1 is 1.32 bits per heavy atom. The largest absolute Gasteiger partial charge is 0.573 e. The minimum Gasteiger partial charge on any atom is -0.406 e. The number of amides is 2. The standard InChI is InChI=1S/C18H22F3N5O2/c1-12-14(10-24-25-12)9-23-17(27)22-8-13-6-7-26(11-13)15-2-4-16(5-3-15)28-18(19,20)21/h2-5,10,13H,6-9,11H2,1H3,(H,24,25)(H2,22,23,27). The molecule has 28 heavy (non-hydrogen) atoms. The van der Waals surface area contributed by atoms with E-state index in [4.69, 9.17) is 0 Å². The molecule has 2 heterocycles. The number of benzene rings is 1. The van der Waals surface area contributed by atoms with Gasteiger partial charge < -0.3 is 20.3 Å². The van der Waals surface area contributed by atoms with Crippen LogP contribution in [-0.2, 0) is 6.54 Å². The monoisotopic (exact) mass is 397 g/mol. The zero-order valence-electron chi connectivity index (χ0n) is 15.3. The number of carbonyl (C=O) groups excluding carboxylic acids is 1. The van der Waals surface area contributed by atoms with Crippen molar-refractivity contribution < 1.29 is 22.7 Å². The van der Waals surface area contributed by atoms with Crippen LogP contribution in [0.2, 0.25) is 0 Å². The minimum atomic E-state index is -4.69. The summed E-state index contributed by atoms with van der Waals surface area (Å²) in [6.45, 7) is 4.32. The fourth-order valence-corrected chi connectivity index (χ4v) is 3.12. The lowest BCUT2D eigenvalue weighted by atomic mass is 10.1. The van der Waals surface area contributed by atoms with Gasteiger partial charge in [-0.2, -0.15) is 5.10 Å².